The smallest absolute Gasteiger partial charge is 0.341 e. The van der Waals surface area contributed by atoms with Gasteiger partial charge in [0.1, 0.15) is 10.7 Å². The number of anilines is 2. The zero-order valence-electron chi connectivity index (χ0n) is 28.3. The molecule has 0 spiro atoms. The maximum Gasteiger partial charge on any atom is 0.341 e. The van der Waals surface area contributed by atoms with Gasteiger partial charge in [-0.15, -0.1) is 23.1 Å². The summed E-state index contributed by atoms with van der Waals surface area (Å²) in [4.78, 5) is 55.0. The number of thiophene rings is 1. The Kier molecular flexibility index (Phi) is 12.3. The summed E-state index contributed by atoms with van der Waals surface area (Å²) in [5, 5.41) is 8.68. The molecule has 0 saturated carbocycles. The fourth-order valence-electron chi connectivity index (χ4n) is 5.62. The lowest BCUT2D eigenvalue weighted by molar-refractivity contribution is -0.116. The molecule has 1 atom stereocenters. The second-order valence-corrected chi connectivity index (χ2v) is 13.7. The van der Waals surface area contributed by atoms with Crippen LogP contribution in [0.15, 0.2) is 83.4 Å². The average molecular weight is 714 g/mol. The van der Waals surface area contributed by atoms with Gasteiger partial charge in [-0.05, 0) is 80.1 Å². The molecule has 1 unspecified atom stereocenters. The third kappa shape index (κ3) is 8.55. The molecule has 3 aromatic carbocycles. The quantitative estimate of drug-likeness (QED) is 0.0745. The van der Waals surface area contributed by atoms with Crippen LogP contribution in [0.3, 0.4) is 0 Å². The highest BCUT2D eigenvalue weighted by molar-refractivity contribution is 8.00. The van der Waals surface area contributed by atoms with Crippen molar-refractivity contribution in [1.29, 1.82) is 0 Å². The summed E-state index contributed by atoms with van der Waals surface area (Å²) in [5.74, 6) is -0.827. The average Bonchev–Trinajstić information content (AvgIpc) is 3.51. The number of carbonyl (C=O) groups is 4. The molecule has 1 heterocycles. The van der Waals surface area contributed by atoms with Crippen molar-refractivity contribution in [3.05, 3.63) is 106 Å². The molecule has 0 radical (unpaired) electrons. The number of carbonyl (C=O) groups excluding carboxylic acids is 4. The van der Waals surface area contributed by atoms with E-state index in [1.807, 2.05) is 13.0 Å². The van der Waals surface area contributed by atoms with Crippen LogP contribution in [-0.2, 0) is 27.2 Å². The number of aryl methyl sites for hydroxylation is 1. The molecular formula is C38H39N3O7S2. The highest BCUT2D eigenvalue weighted by Gasteiger charge is 2.29. The zero-order valence-corrected chi connectivity index (χ0v) is 29.9. The molecule has 1 aromatic heterocycles. The Morgan fingerprint density at radius 3 is 2.38 bits per heavy atom. The molecule has 1 aliphatic rings. The molecule has 10 nitrogen and oxygen atoms in total. The normalized spacial score (nSPS) is 13.0. The molecule has 4 aromatic rings. The standard InChI is InChI=1S/C38H39N3O7S2/c1-5-30(36(44)41-37-32(38(45)48-4)27-18-9-10-20-31(27)50-37)49-26-17-12-16-25(22-26)39-35(43)28(40-34(42)23-13-7-6-8-14-23)21-24-15-11-19-29(46-2)33(24)47-3/h6-8,11-17,19,21-22,30H,5,9-10,18,20H2,1-4H3,(H,39,43)(H,40,42)(H,41,44)/b28-21+. The van der Waals surface area contributed by atoms with Crippen LogP contribution in [0.25, 0.3) is 6.08 Å². The minimum atomic E-state index is -0.567. The summed E-state index contributed by atoms with van der Waals surface area (Å²) in [6, 6.07) is 21.0. The number of hydrogen-bond donors (Lipinski definition) is 3. The second kappa shape index (κ2) is 17.0. The molecule has 0 fully saturated rings. The Hall–Kier alpha value is -5.07. The van der Waals surface area contributed by atoms with Gasteiger partial charge in [0, 0.05) is 26.6 Å². The summed E-state index contributed by atoms with van der Waals surface area (Å²) in [6.07, 6.45) is 5.76. The first-order valence-corrected chi connectivity index (χ1v) is 17.9. The summed E-state index contributed by atoms with van der Waals surface area (Å²) in [7, 11) is 4.36. The zero-order chi connectivity index (χ0) is 35.6. The minimum Gasteiger partial charge on any atom is -0.493 e. The number of fused-ring (bicyclic) bond motifs is 1. The first kappa shape index (κ1) is 36.2. The van der Waals surface area contributed by atoms with Crippen molar-refractivity contribution in [1.82, 2.24) is 5.32 Å². The number of para-hydroxylation sites is 1. The van der Waals surface area contributed by atoms with E-state index >= 15 is 0 Å². The number of nitrogens with one attached hydrogen (secondary N) is 3. The summed E-state index contributed by atoms with van der Waals surface area (Å²) in [5.41, 5.74) is 2.78. The molecule has 0 saturated heterocycles. The molecular weight excluding hydrogens is 675 g/mol. The lowest BCUT2D eigenvalue weighted by atomic mass is 9.95. The maximum absolute atomic E-state index is 13.8. The fraction of sp³-hybridized carbons (Fsp3) is 0.263. The Labute approximate surface area is 299 Å². The molecule has 3 N–H and O–H groups in total. The van der Waals surface area contributed by atoms with Crippen molar-refractivity contribution in [2.75, 3.05) is 32.0 Å². The molecule has 0 bridgehead atoms. The van der Waals surface area contributed by atoms with Crippen molar-refractivity contribution >= 4 is 63.6 Å². The van der Waals surface area contributed by atoms with E-state index in [0.29, 0.717) is 45.3 Å². The van der Waals surface area contributed by atoms with Gasteiger partial charge in [-0.3, -0.25) is 14.4 Å². The van der Waals surface area contributed by atoms with Crippen LogP contribution in [0.1, 0.15) is 62.9 Å². The largest absolute Gasteiger partial charge is 0.493 e. The first-order chi connectivity index (χ1) is 24.3. The Morgan fingerprint density at radius 1 is 0.900 bits per heavy atom. The van der Waals surface area contributed by atoms with E-state index in [4.69, 9.17) is 14.2 Å². The number of hydrogen-bond acceptors (Lipinski definition) is 9. The Morgan fingerprint density at radius 2 is 1.66 bits per heavy atom. The monoisotopic (exact) mass is 713 g/mol. The molecule has 260 valence electrons. The van der Waals surface area contributed by atoms with Crippen molar-refractivity contribution in [2.24, 2.45) is 0 Å². The Bertz CT molecular complexity index is 1910. The van der Waals surface area contributed by atoms with Gasteiger partial charge in [0.2, 0.25) is 5.91 Å². The predicted octanol–water partition coefficient (Wildman–Crippen LogP) is 7.35. The van der Waals surface area contributed by atoms with Crippen LogP contribution in [0.5, 0.6) is 11.5 Å². The first-order valence-electron chi connectivity index (χ1n) is 16.2. The summed E-state index contributed by atoms with van der Waals surface area (Å²) in [6.45, 7) is 1.92. The molecule has 12 heteroatoms. The lowest BCUT2D eigenvalue weighted by Crippen LogP contribution is -2.30. The van der Waals surface area contributed by atoms with E-state index in [1.54, 1.807) is 66.7 Å². The highest BCUT2D eigenvalue weighted by Crippen LogP contribution is 2.39. The third-order valence-corrected chi connectivity index (χ3v) is 10.7. The van der Waals surface area contributed by atoms with Crippen molar-refractivity contribution in [3.63, 3.8) is 0 Å². The van der Waals surface area contributed by atoms with E-state index in [1.165, 1.54) is 50.5 Å². The van der Waals surface area contributed by atoms with Gasteiger partial charge < -0.3 is 30.2 Å². The molecule has 0 aliphatic heterocycles. The molecule has 50 heavy (non-hydrogen) atoms. The van der Waals surface area contributed by atoms with Gasteiger partial charge >= 0.3 is 5.97 Å². The summed E-state index contributed by atoms with van der Waals surface area (Å²) < 4.78 is 16.0. The number of esters is 1. The van der Waals surface area contributed by atoms with E-state index < -0.39 is 23.0 Å². The van der Waals surface area contributed by atoms with E-state index in [0.717, 1.165) is 41.0 Å². The molecule has 3 amide bonds. The van der Waals surface area contributed by atoms with Gasteiger partial charge in [0.15, 0.2) is 11.5 Å². The van der Waals surface area contributed by atoms with Gasteiger partial charge in [-0.25, -0.2) is 4.79 Å². The third-order valence-electron chi connectivity index (χ3n) is 8.09. The van der Waals surface area contributed by atoms with Crippen LogP contribution in [0, 0.1) is 0 Å². The Balaban J connectivity index is 1.35. The van der Waals surface area contributed by atoms with Crippen LogP contribution >= 0.6 is 23.1 Å². The lowest BCUT2D eigenvalue weighted by Gasteiger charge is -2.16. The van der Waals surface area contributed by atoms with E-state index in [-0.39, 0.29) is 11.6 Å². The van der Waals surface area contributed by atoms with Gasteiger partial charge in [-0.1, -0.05) is 43.3 Å². The van der Waals surface area contributed by atoms with Crippen LogP contribution in [0.2, 0.25) is 0 Å². The number of methoxy groups -OCH3 is 3. The number of benzene rings is 3. The SMILES string of the molecule is CCC(Sc1cccc(NC(=O)/C(=C\c2cccc(OC)c2OC)NC(=O)c2ccccc2)c1)C(=O)Nc1sc2c(c1C(=O)OC)CCCC2. The second-order valence-electron chi connectivity index (χ2n) is 11.4. The van der Waals surface area contributed by atoms with E-state index in [9.17, 15) is 19.2 Å². The van der Waals surface area contributed by atoms with Crippen molar-refractivity contribution in [3.8, 4) is 11.5 Å². The van der Waals surface area contributed by atoms with Gasteiger partial charge in [0.05, 0.1) is 32.1 Å². The number of rotatable bonds is 13. The number of ether oxygens (including phenoxy) is 3. The fourth-order valence-corrected chi connectivity index (χ4v) is 7.91. The van der Waals surface area contributed by atoms with Gasteiger partial charge in [0.25, 0.3) is 11.8 Å². The summed E-state index contributed by atoms with van der Waals surface area (Å²) >= 11 is 2.80. The maximum atomic E-state index is 13.8. The van der Waals surface area contributed by atoms with Crippen molar-refractivity contribution < 1.29 is 33.4 Å². The van der Waals surface area contributed by atoms with Gasteiger partial charge in [-0.2, -0.15) is 0 Å². The number of amides is 3. The van der Waals surface area contributed by atoms with Crippen molar-refractivity contribution in [2.45, 2.75) is 49.2 Å². The highest BCUT2D eigenvalue weighted by atomic mass is 32.2. The molecule has 1 aliphatic carbocycles. The van der Waals surface area contributed by atoms with Crippen LogP contribution < -0.4 is 25.4 Å². The van der Waals surface area contributed by atoms with Crippen LogP contribution in [0.4, 0.5) is 10.7 Å². The predicted molar refractivity (Wildman–Crippen MR) is 197 cm³/mol. The number of thioether (sulfide) groups is 1. The van der Waals surface area contributed by atoms with Crippen LogP contribution in [-0.4, -0.2) is 50.3 Å². The topological polar surface area (TPSA) is 132 Å². The minimum absolute atomic E-state index is 0.0191. The molecule has 5 rings (SSSR count). The van der Waals surface area contributed by atoms with E-state index in [2.05, 4.69) is 16.0 Å².